The van der Waals surface area contributed by atoms with Gasteiger partial charge in [-0.05, 0) is 48.5 Å². The molecule has 152 valence electrons. The number of nitrogens with zero attached hydrogens (tertiary/aromatic N) is 1. The van der Waals surface area contributed by atoms with Gasteiger partial charge in [0.1, 0.15) is 0 Å². The fourth-order valence-electron chi connectivity index (χ4n) is 3.35. The highest BCUT2D eigenvalue weighted by Gasteiger charge is 2.16. The molecule has 0 unspecified atom stereocenters. The highest BCUT2D eigenvalue weighted by molar-refractivity contribution is 6.07. The molecule has 2 amide bonds. The van der Waals surface area contributed by atoms with E-state index < -0.39 is 0 Å². The summed E-state index contributed by atoms with van der Waals surface area (Å²) in [7, 11) is 0. The first-order valence-corrected chi connectivity index (χ1v) is 9.90. The van der Waals surface area contributed by atoms with Crippen LogP contribution in [0.5, 0.6) is 0 Å². The van der Waals surface area contributed by atoms with E-state index >= 15 is 0 Å². The summed E-state index contributed by atoms with van der Waals surface area (Å²) in [6.07, 6.45) is 0. The van der Waals surface area contributed by atoms with Crippen LogP contribution in [0, 0.1) is 0 Å². The molecule has 2 N–H and O–H groups in total. The Kier molecular flexibility index (Phi) is 6.06. The van der Waals surface area contributed by atoms with Crippen LogP contribution < -0.4 is 15.5 Å². The third-order valence-electron chi connectivity index (χ3n) is 4.94. The van der Waals surface area contributed by atoms with Crippen LogP contribution in [0.4, 0.5) is 17.1 Å². The maximum atomic E-state index is 12.8. The van der Waals surface area contributed by atoms with Crippen molar-refractivity contribution in [2.45, 2.75) is 0 Å². The molecule has 0 aromatic heterocycles. The van der Waals surface area contributed by atoms with Crippen LogP contribution in [0.1, 0.15) is 20.7 Å². The molecule has 1 heterocycles. The Hall–Kier alpha value is -3.64. The summed E-state index contributed by atoms with van der Waals surface area (Å²) >= 11 is 0. The zero-order chi connectivity index (χ0) is 20.8. The number of carbonyl (C=O) groups is 2. The van der Waals surface area contributed by atoms with Gasteiger partial charge in [-0.15, -0.1) is 0 Å². The number of benzene rings is 3. The van der Waals surface area contributed by atoms with Crippen molar-refractivity contribution >= 4 is 28.9 Å². The van der Waals surface area contributed by atoms with E-state index in [0.717, 1.165) is 24.5 Å². The summed E-state index contributed by atoms with van der Waals surface area (Å²) in [6, 6.07) is 23.6. The van der Waals surface area contributed by atoms with E-state index in [-0.39, 0.29) is 11.8 Å². The van der Waals surface area contributed by atoms with Crippen molar-refractivity contribution in [3.63, 3.8) is 0 Å². The number of carbonyl (C=O) groups excluding carboxylic acids is 2. The molecular formula is C24H23N3O3. The van der Waals surface area contributed by atoms with Crippen molar-refractivity contribution in [2.24, 2.45) is 0 Å². The van der Waals surface area contributed by atoms with E-state index in [1.165, 1.54) is 0 Å². The van der Waals surface area contributed by atoms with Crippen molar-refractivity contribution in [1.82, 2.24) is 0 Å². The first-order valence-electron chi connectivity index (χ1n) is 9.90. The molecular weight excluding hydrogens is 378 g/mol. The lowest BCUT2D eigenvalue weighted by atomic mass is 10.1. The Morgan fingerprint density at radius 1 is 0.700 bits per heavy atom. The molecule has 6 heteroatoms. The van der Waals surface area contributed by atoms with Gasteiger partial charge in [0.15, 0.2) is 0 Å². The Labute approximate surface area is 175 Å². The minimum Gasteiger partial charge on any atom is -0.378 e. The molecule has 3 aromatic carbocycles. The highest BCUT2D eigenvalue weighted by atomic mass is 16.5. The van der Waals surface area contributed by atoms with Crippen molar-refractivity contribution < 1.29 is 14.3 Å². The summed E-state index contributed by atoms with van der Waals surface area (Å²) in [5, 5.41) is 5.84. The van der Waals surface area contributed by atoms with Gasteiger partial charge in [0.2, 0.25) is 0 Å². The summed E-state index contributed by atoms with van der Waals surface area (Å²) in [6.45, 7) is 2.95. The predicted octanol–water partition coefficient (Wildman–Crippen LogP) is 4.03. The zero-order valence-electron chi connectivity index (χ0n) is 16.5. The molecule has 3 aromatic rings. The number of anilines is 3. The molecule has 0 radical (unpaired) electrons. The van der Waals surface area contributed by atoms with E-state index in [1.54, 1.807) is 36.4 Å². The van der Waals surface area contributed by atoms with Crippen molar-refractivity contribution in [3.8, 4) is 0 Å². The van der Waals surface area contributed by atoms with E-state index in [9.17, 15) is 9.59 Å². The van der Waals surface area contributed by atoms with Gasteiger partial charge in [0.05, 0.1) is 24.6 Å². The number of nitrogens with one attached hydrogen (secondary N) is 2. The number of ether oxygens (including phenoxy) is 1. The Balaban J connectivity index is 1.43. The average molecular weight is 401 g/mol. The van der Waals surface area contributed by atoms with Gasteiger partial charge in [0, 0.05) is 29.9 Å². The summed E-state index contributed by atoms with van der Waals surface area (Å²) in [5.74, 6) is -0.385. The molecule has 0 saturated carbocycles. The number of hydrogen-bond donors (Lipinski definition) is 2. The third kappa shape index (κ3) is 4.67. The summed E-state index contributed by atoms with van der Waals surface area (Å²) in [5.41, 5.74) is 3.49. The van der Waals surface area contributed by atoms with E-state index in [1.807, 2.05) is 42.5 Å². The summed E-state index contributed by atoms with van der Waals surface area (Å²) < 4.78 is 5.42. The zero-order valence-corrected chi connectivity index (χ0v) is 16.5. The molecule has 1 saturated heterocycles. The van der Waals surface area contributed by atoms with Gasteiger partial charge in [-0.25, -0.2) is 0 Å². The van der Waals surface area contributed by atoms with Crippen molar-refractivity contribution in [2.75, 3.05) is 41.8 Å². The molecule has 1 aliphatic heterocycles. The van der Waals surface area contributed by atoms with Gasteiger partial charge in [-0.2, -0.15) is 0 Å². The van der Waals surface area contributed by atoms with Gasteiger partial charge in [-0.1, -0.05) is 30.3 Å². The third-order valence-corrected chi connectivity index (χ3v) is 4.94. The molecule has 0 spiro atoms. The lowest BCUT2D eigenvalue weighted by Crippen LogP contribution is -2.36. The van der Waals surface area contributed by atoms with Crippen LogP contribution in [-0.4, -0.2) is 38.1 Å². The van der Waals surface area contributed by atoms with E-state index in [4.69, 9.17) is 4.74 Å². The minimum atomic E-state index is -0.198. The smallest absolute Gasteiger partial charge is 0.255 e. The molecule has 30 heavy (non-hydrogen) atoms. The van der Waals surface area contributed by atoms with Gasteiger partial charge >= 0.3 is 0 Å². The highest BCUT2D eigenvalue weighted by Crippen LogP contribution is 2.27. The first kappa shape index (κ1) is 19.7. The number of para-hydroxylation sites is 2. The maximum Gasteiger partial charge on any atom is 0.255 e. The fourth-order valence-corrected chi connectivity index (χ4v) is 3.35. The van der Waals surface area contributed by atoms with Gasteiger partial charge < -0.3 is 20.3 Å². The van der Waals surface area contributed by atoms with Gasteiger partial charge in [-0.3, -0.25) is 9.59 Å². The van der Waals surface area contributed by atoms with Crippen LogP contribution in [0.3, 0.4) is 0 Å². The molecule has 1 fully saturated rings. The Bertz CT molecular complexity index is 1010. The van der Waals surface area contributed by atoms with Crippen molar-refractivity contribution in [3.05, 3.63) is 90.0 Å². The van der Waals surface area contributed by atoms with Crippen molar-refractivity contribution in [1.29, 1.82) is 0 Å². The Morgan fingerprint density at radius 3 is 2.03 bits per heavy atom. The molecule has 0 bridgehead atoms. The SMILES string of the molecule is O=C(Nc1ccc(C(=O)Nc2ccccc2N2CCOCC2)cc1)c1ccccc1. The number of rotatable bonds is 5. The molecule has 6 nitrogen and oxygen atoms in total. The topological polar surface area (TPSA) is 70.7 Å². The number of hydrogen-bond acceptors (Lipinski definition) is 4. The van der Waals surface area contributed by atoms with Crippen LogP contribution in [0.2, 0.25) is 0 Å². The monoisotopic (exact) mass is 401 g/mol. The van der Waals surface area contributed by atoms with Gasteiger partial charge in [0.25, 0.3) is 11.8 Å². The molecule has 0 atom stereocenters. The van der Waals surface area contributed by atoms with Crippen LogP contribution in [0.25, 0.3) is 0 Å². The normalized spacial score (nSPS) is 13.5. The molecule has 4 rings (SSSR count). The predicted molar refractivity (Wildman–Crippen MR) is 118 cm³/mol. The number of morpholine rings is 1. The summed E-state index contributed by atoms with van der Waals surface area (Å²) in [4.78, 5) is 27.2. The fraction of sp³-hybridized carbons (Fsp3) is 0.167. The molecule has 1 aliphatic rings. The standard InChI is InChI=1S/C24H23N3O3/c28-23(18-6-2-1-3-7-18)25-20-12-10-19(11-13-20)24(29)26-21-8-4-5-9-22(21)27-14-16-30-17-15-27/h1-13H,14-17H2,(H,25,28)(H,26,29). The van der Waals surface area contributed by atoms with Crippen LogP contribution >= 0.6 is 0 Å². The van der Waals surface area contributed by atoms with E-state index in [0.29, 0.717) is 30.0 Å². The largest absolute Gasteiger partial charge is 0.378 e. The lowest BCUT2D eigenvalue weighted by molar-refractivity contribution is 0.102. The maximum absolute atomic E-state index is 12.8. The van der Waals surface area contributed by atoms with Crippen LogP contribution in [0.15, 0.2) is 78.9 Å². The second-order valence-corrected chi connectivity index (χ2v) is 6.97. The Morgan fingerprint density at radius 2 is 1.30 bits per heavy atom. The van der Waals surface area contributed by atoms with Crippen LogP contribution in [-0.2, 0) is 4.74 Å². The minimum absolute atomic E-state index is 0.188. The lowest BCUT2D eigenvalue weighted by Gasteiger charge is -2.30. The second-order valence-electron chi connectivity index (χ2n) is 6.97. The second kappa shape index (κ2) is 9.24. The molecule has 0 aliphatic carbocycles. The number of amides is 2. The van der Waals surface area contributed by atoms with E-state index in [2.05, 4.69) is 15.5 Å². The average Bonchev–Trinajstić information content (AvgIpc) is 2.81. The quantitative estimate of drug-likeness (QED) is 0.677. The first-order chi connectivity index (χ1) is 14.7.